The molecule has 28 heavy (non-hydrogen) atoms. The molecule has 150 valence electrons. The van der Waals surface area contributed by atoms with E-state index in [1.54, 1.807) is 0 Å². The Hall–Kier alpha value is -0.0701. The highest BCUT2D eigenvalue weighted by atomic mass is 32.2. The van der Waals surface area contributed by atoms with E-state index < -0.39 is 0 Å². The van der Waals surface area contributed by atoms with Crippen LogP contribution in [-0.2, 0) is 8.37 Å². The lowest BCUT2D eigenvalue weighted by molar-refractivity contribution is -0.0141. The highest BCUT2D eigenvalue weighted by Gasteiger charge is 2.59. The maximum absolute atomic E-state index is 10.8. The molecule has 0 heterocycles. The lowest BCUT2D eigenvalue weighted by Crippen LogP contribution is -2.52. The second kappa shape index (κ2) is 7.88. The summed E-state index contributed by atoms with van der Waals surface area (Å²) in [5.74, 6) is 0.747. The normalized spacial score (nSPS) is 47.1. The number of hydrogen-bond donors (Lipinski definition) is 1. The third kappa shape index (κ3) is 3.03. The molecule has 0 spiro atoms. The molecule has 0 amide bonds. The Bertz CT molecular complexity index is 765. The summed E-state index contributed by atoms with van der Waals surface area (Å²) < 4.78 is 26.7. The van der Waals surface area contributed by atoms with Crippen molar-refractivity contribution >= 4 is 38.0 Å². The Labute approximate surface area is 182 Å². The summed E-state index contributed by atoms with van der Waals surface area (Å²) in [6, 6.07) is 0. The van der Waals surface area contributed by atoms with Gasteiger partial charge in [0.25, 0.3) is 0 Å². The first-order valence-corrected chi connectivity index (χ1v) is 11.8. The van der Waals surface area contributed by atoms with Crippen molar-refractivity contribution in [3.05, 3.63) is 34.9 Å². The van der Waals surface area contributed by atoms with E-state index in [4.69, 9.17) is 11.0 Å². The van der Waals surface area contributed by atoms with E-state index in [-0.39, 0.29) is 29.1 Å². The van der Waals surface area contributed by atoms with Gasteiger partial charge in [0.1, 0.15) is 0 Å². The van der Waals surface area contributed by atoms with Gasteiger partial charge in [0, 0.05) is 11.8 Å². The molecule has 0 saturated heterocycles. The Morgan fingerprint density at radius 3 is 2.75 bits per heavy atom. The van der Waals surface area contributed by atoms with Crippen LogP contribution < -0.4 is 0 Å². The van der Waals surface area contributed by atoms with Crippen LogP contribution in [0, 0.1) is 22.7 Å². The monoisotopic (exact) mass is 420 g/mol. The number of allylic oxidation sites excluding steroid dienone is 4. The largest absolute Gasteiger partial charge is 0.389 e. The van der Waals surface area contributed by atoms with E-state index in [0.29, 0.717) is 11.8 Å². The van der Waals surface area contributed by atoms with Crippen molar-refractivity contribution in [3.63, 3.8) is 0 Å². The third-order valence-electron chi connectivity index (χ3n) is 8.16. The molecule has 4 rings (SSSR count). The van der Waals surface area contributed by atoms with Crippen molar-refractivity contribution in [2.75, 3.05) is 0 Å². The first-order valence-electron chi connectivity index (χ1n) is 11.4. The third-order valence-corrected chi connectivity index (χ3v) is 8.89. The molecule has 0 bridgehead atoms. The predicted octanol–water partition coefficient (Wildman–Crippen LogP) is 4.09. The van der Waals surface area contributed by atoms with Crippen molar-refractivity contribution in [3.8, 4) is 0 Å². The summed E-state index contributed by atoms with van der Waals surface area (Å²) in [6.07, 6.45) is 10.9. The van der Waals surface area contributed by atoms with Gasteiger partial charge in [0.2, 0.25) is 14.2 Å². The molecule has 0 aromatic heterocycles. The molecular weight excluding hydrogens is 386 g/mol. The average molecular weight is 420 g/mol. The van der Waals surface area contributed by atoms with Gasteiger partial charge >= 0.3 is 0 Å². The van der Waals surface area contributed by atoms with E-state index in [1.807, 2.05) is 0 Å². The number of aliphatic hydroxyl groups is 1. The molecular formula is C21H30B2O3S2. The minimum atomic E-state index is -0.342. The van der Waals surface area contributed by atoms with Gasteiger partial charge in [-0.15, -0.1) is 0 Å². The van der Waals surface area contributed by atoms with E-state index in [2.05, 4.69) is 39.0 Å². The van der Waals surface area contributed by atoms with E-state index in [0.717, 1.165) is 55.9 Å². The van der Waals surface area contributed by atoms with Crippen molar-refractivity contribution in [2.45, 2.75) is 71.2 Å². The van der Waals surface area contributed by atoms with Crippen LogP contribution in [0.15, 0.2) is 34.9 Å². The lowest BCUT2D eigenvalue weighted by Gasteiger charge is -2.56. The predicted molar refractivity (Wildman–Crippen MR) is 121 cm³/mol. The van der Waals surface area contributed by atoms with Gasteiger partial charge in [-0.05, 0) is 58.1 Å². The molecule has 0 aromatic rings. The van der Waals surface area contributed by atoms with Crippen LogP contribution in [0.3, 0.4) is 0 Å². The topological polar surface area (TPSA) is 38.7 Å². The molecule has 2 radical (unpaired) electrons. The van der Waals surface area contributed by atoms with Crippen LogP contribution in [0.1, 0.15) is 52.9 Å². The van der Waals surface area contributed by atoms with Crippen molar-refractivity contribution < 1.29 is 13.5 Å². The Kier molecular flexibility index (Phi) is 5.26. The van der Waals surface area contributed by atoms with Crippen LogP contribution >= 0.6 is 23.8 Å². The zero-order valence-electron chi connectivity index (χ0n) is 18.9. The lowest BCUT2D eigenvalue weighted by atomic mass is 9.50. The van der Waals surface area contributed by atoms with Crippen LogP contribution in [0.25, 0.3) is 0 Å². The number of rotatable bonds is 6. The first-order chi connectivity index (χ1) is 14.4. The zero-order valence-corrected chi connectivity index (χ0v) is 18.5. The molecule has 7 heteroatoms. The number of fused-ring (bicyclic) bond motifs is 5. The quantitative estimate of drug-likeness (QED) is 0.398. The van der Waals surface area contributed by atoms with E-state index in [9.17, 15) is 5.11 Å². The highest BCUT2D eigenvalue weighted by Crippen LogP contribution is 2.65. The maximum Gasteiger partial charge on any atom is 0.209 e. The van der Waals surface area contributed by atoms with Gasteiger partial charge < -0.3 is 13.5 Å². The smallest absolute Gasteiger partial charge is 0.209 e. The van der Waals surface area contributed by atoms with Crippen molar-refractivity contribution in [2.24, 2.45) is 22.7 Å². The number of hydrogen-bond acceptors (Lipinski definition) is 5. The van der Waals surface area contributed by atoms with Gasteiger partial charge in [-0.1, -0.05) is 67.0 Å². The van der Waals surface area contributed by atoms with E-state index in [1.165, 1.54) is 30.9 Å². The Balaban J connectivity index is 1.69. The molecule has 7 atom stereocenters. The molecule has 0 aromatic carbocycles. The minimum absolute atomic E-state index is 0.000930. The standard InChI is InChI=1S/C21H30B2O3S2/c1-4-15-18(24)11-17-14-6-5-12-9-13(25-27-22)10-19(26-28-23)21(12,3)16(14)7-8-20(15,17)2/h4-6,13,16-19,22-24H,7-11H2,1-3H3/b15-4-/t13-,16?,17?,18+,19+,20-,21+/m1/s1/i22T,23T. The van der Waals surface area contributed by atoms with Crippen molar-refractivity contribution in [1.82, 2.24) is 0 Å². The summed E-state index contributed by atoms with van der Waals surface area (Å²) in [5.41, 5.74) is 3.92. The summed E-state index contributed by atoms with van der Waals surface area (Å²) in [5, 5.41) is 10.8. The molecule has 4 aliphatic rings. The molecule has 0 aliphatic heterocycles. The van der Waals surface area contributed by atoms with Crippen LogP contribution in [-0.4, -0.2) is 40.3 Å². The van der Waals surface area contributed by atoms with Crippen LogP contribution in [0.4, 0.5) is 0 Å². The molecule has 2 unspecified atom stereocenters. The Morgan fingerprint density at radius 2 is 2.00 bits per heavy atom. The molecule has 3 nitrogen and oxygen atoms in total. The maximum atomic E-state index is 10.8. The summed E-state index contributed by atoms with van der Waals surface area (Å²) in [4.78, 5) is 0. The number of aliphatic hydroxyl groups excluding tert-OH is 1. The SMILES string of the molecule is [3H][B]SO[C@@H]1CC2=CC=C3C(CC[C@]4(C)/C(=C\C)[C@@H](O)CC34)[C@@]2(C)[C@@H](OS[B][3H])C1. The fourth-order valence-corrected chi connectivity index (χ4v) is 7.47. The van der Waals surface area contributed by atoms with Crippen LogP contribution in [0.5, 0.6) is 0 Å². The van der Waals surface area contributed by atoms with Crippen LogP contribution in [0.2, 0.25) is 0 Å². The minimum Gasteiger partial charge on any atom is -0.389 e. The summed E-state index contributed by atoms with van der Waals surface area (Å²) >= 11 is 2.17. The average Bonchev–Trinajstić information content (AvgIpc) is 3.00. The summed E-state index contributed by atoms with van der Waals surface area (Å²) in [6.45, 7) is 6.72. The van der Waals surface area contributed by atoms with E-state index >= 15 is 0 Å². The van der Waals surface area contributed by atoms with Gasteiger partial charge in [-0.2, -0.15) is 0 Å². The second-order valence-electron chi connectivity index (χ2n) is 9.13. The Morgan fingerprint density at radius 1 is 1.21 bits per heavy atom. The molecule has 1 N–H and O–H groups in total. The first kappa shape index (κ1) is 18.7. The van der Waals surface area contributed by atoms with Gasteiger partial charge in [0.05, 0.1) is 18.3 Å². The van der Waals surface area contributed by atoms with Gasteiger partial charge in [-0.3, -0.25) is 0 Å². The highest BCUT2D eigenvalue weighted by molar-refractivity contribution is 8.16. The van der Waals surface area contributed by atoms with Gasteiger partial charge in [0.15, 0.2) is 0 Å². The fraction of sp³-hybridized carbons (Fsp3) is 0.714. The second-order valence-corrected chi connectivity index (χ2v) is 9.90. The van der Waals surface area contributed by atoms with Gasteiger partial charge in [-0.25, -0.2) is 0 Å². The molecule has 3 saturated carbocycles. The fourth-order valence-electron chi connectivity index (χ4n) is 6.76. The molecule has 4 aliphatic carbocycles. The molecule has 3 fully saturated rings. The van der Waals surface area contributed by atoms with Crippen molar-refractivity contribution in [1.29, 1.82) is 2.67 Å². The summed E-state index contributed by atoms with van der Waals surface area (Å²) in [7, 11) is 2.46. The zero-order chi connectivity index (χ0) is 21.5.